The first kappa shape index (κ1) is 37.4. The Morgan fingerprint density at radius 3 is 2.31 bits per heavy atom. The molecule has 1 saturated carbocycles. The second-order valence-electron chi connectivity index (χ2n) is 14.8. The summed E-state index contributed by atoms with van der Waals surface area (Å²) in [7, 11) is -0.101. The quantitative estimate of drug-likeness (QED) is 0.266. The zero-order chi connectivity index (χ0) is 33.6. The number of alkyl carbamates (subject to hydrolysis) is 2. The molecule has 260 valence electrons. The second kappa shape index (κ2) is 15.7. The fourth-order valence-electron chi connectivity index (χ4n) is 6.59. The molecule has 15 heteroatoms. The maximum absolute atomic E-state index is 13.9. The van der Waals surface area contributed by atoms with Crippen molar-refractivity contribution >= 4 is 26.2 Å². The fourth-order valence-corrected chi connectivity index (χ4v) is 7.35. The van der Waals surface area contributed by atoms with Gasteiger partial charge in [0.15, 0.2) is 0 Å². The number of nitrogens with one attached hydrogen (secondary N) is 3. The minimum Gasteiger partial charge on any atom is -0.453 e. The van der Waals surface area contributed by atoms with Gasteiger partial charge in [0.25, 0.3) is 0 Å². The van der Waals surface area contributed by atoms with E-state index in [9.17, 15) is 27.6 Å². The molecule has 11 nitrogen and oxygen atoms in total. The summed E-state index contributed by atoms with van der Waals surface area (Å²) >= 11 is 0. The van der Waals surface area contributed by atoms with Gasteiger partial charge in [0.05, 0.1) is 19.3 Å². The number of alkyl halides is 3. The van der Waals surface area contributed by atoms with Gasteiger partial charge < -0.3 is 29.7 Å². The summed E-state index contributed by atoms with van der Waals surface area (Å²) in [5, 5.41) is 9.46. The van der Waals surface area contributed by atoms with Gasteiger partial charge in [0.2, 0.25) is 0 Å². The van der Waals surface area contributed by atoms with Crippen molar-refractivity contribution in [1.29, 1.82) is 0 Å². The van der Waals surface area contributed by atoms with Crippen LogP contribution in [-0.4, -0.2) is 112 Å². The van der Waals surface area contributed by atoms with Gasteiger partial charge in [-0.1, -0.05) is 32.5 Å². The van der Waals surface area contributed by atoms with Crippen molar-refractivity contribution in [1.82, 2.24) is 25.8 Å². The molecule has 1 aliphatic carbocycles. The van der Waals surface area contributed by atoms with Crippen LogP contribution >= 0.6 is 0 Å². The van der Waals surface area contributed by atoms with Crippen molar-refractivity contribution in [3.05, 3.63) is 0 Å². The van der Waals surface area contributed by atoms with Crippen molar-refractivity contribution in [3.8, 4) is 0 Å². The number of carbonyl (C=O) groups is 3. The average molecular weight is 666 g/mol. The van der Waals surface area contributed by atoms with Crippen molar-refractivity contribution in [2.24, 2.45) is 5.92 Å². The van der Waals surface area contributed by atoms with Crippen molar-refractivity contribution in [2.75, 3.05) is 33.5 Å². The predicted octanol–water partition coefficient (Wildman–Crippen LogP) is 4.65. The molecule has 2 saturated heterocycles. The van der Waals surface area contributed by atoms with Crippen LogP contribution in [0.1, 0.15) is 65.7 Å². The lowest BCUT2D eigenvalue weighted by molar-refractivity contribution is -0.190. The molecular weight excluding hydrogens is 611 g/mol. The van der Waals surface area contributed by atoms with Crippen LogP contribution in [0.5, 0.6) is 0 Å². The normalized spacial score (nSPS) is 28.7. The topological polar surface area (TPSA) is 121 Å². The van der Waals surface area contributed by atoms with Crippen LogP contribution in [0.2, 0.25) is 25.7 Å². The largest absolute Gasteiger partial charge is 0.471 e. The summed E-state index contributed by atoms with van der Waals surface area (Å²) in [6.45, 7) is 13.5. The Labute approximate surface area is 266 Å². The molecule has 2 heterocycles. The smallest absolute Gasteiger partial charge is 0.453 e. The van der Waals surface area contributed by atoms with E-state index in [0.29, 0.717) is 58.4 Å². The first-order chi connectivity index (χ1) is 20.9. The summed E-state index contributed by atoms with van der Waals surface area (Å²) < 4.78 is 58.3. The summed E-state index contributed by atoms with van der Waals surface area (Å²) in [6, 6.07) is -0.845. The van der Waals surface area contributed by atoms with Gasteiger partial charge >= 0.3 is 24.3 Å². The van der Waals surface area contributed by atoms with E-state index in [4.69, 9.17) is 14.2 Å². The monoisotopic (exact) mass is 665 g/mol. The highest BCUT2D eigenvalue weighted by Crippen LogP contribution is 2.37. The molecule has 3 aliphatic rings. The number of halogens is 3. The standard InChI is InChI=1S/C30H54F3N5O6Si/c1-29(2,3)44-28(41)36-22-11-9-8-10-14-38(26(39)30(31,32)33)24-17-20(34-27(40)42-4)12-13-21(24)23-18-37(25(22)35-23)19-43-15-16-45(5,6)7/h20-25,35H,8-19H2,1-7H3,(H,34,40)(H,36,41). The summed E-state index contributed by atoms with van der Waals surface area (Å²) in [5.74, 6) is -2.18. The van der Waals surface area contributed by atoms with Crippen molar-refractivity contribution in [2.45, 2.75) is 134 Å². The molecule has 6 atom stereocenters. The van der Waals surface area contributed by atoms with E-state index >= 15 is 0 Å². The molecule has 45 heavy (non-hydrogen) atoms. The number of rotatable bonds is 7. The molecule has 0 aromatic carbocycles. The van der Waals surface area contributed by atoms with E-state index in [1.807, 2.05) is 0 Å². The maximum atomic E-state index is 13.9. The molecule has 0 radical (unpaired) electrons. The van der Waals surface area contributed by atoms with Crippen LogP contribution in [0.25, 0.3) is 0 Å². The molecule has 0 spiro atoms. The van der Waals surface area contributed by atoms with Crippen LogP contribution in [0, 0.1) is 5.92 Å². The number of amides is 3. The van der Waals surface area contributed by atoms with Crippen LogP contribution in [0.4, 0.5) is 22.8 Å². The first-order valence-corrected chi connectivity index (χ1v) is 19.9. The fraction of sp³-hybridized carbons (Fsp3) is 0.900. The third-order valence-corrected chi connectivity index (χ3v) is 10.5. The van der Waals surface area contributed by atoms with Gasteiger partial charge in [-0.3, -0.25) is 15.0 Å². The number of methoxy groups -OCH3 is 1. The van der Waals surface area contributed by atoms with Crippen LogP contribution < -0.4 is 16.0 Å². The molecule has 2 bridgehead atoms. The predicted molar refractivity (Wildman–Crippen MR) is 166 cm³/mol. The average Bonchev–Trinajstić information content (AvgIpc) is 3.33. The number of fused-ring (bicyclic) bond motifs is 4. The van der Waals surface area contributed by atoms with Crippen molar-refractivity contribution in [3.63, 3.8) is 0 Å². The summed E-state index contributed by atoms with van der Waals surface area (Å²) in [4.78, 5) is 40.9. The maximum Gasteiger partial charge on any atom is 0.471 e. The van der Waals surface area contributed by atoms with E-state index in [-0.39, 0.29) is 37.1 Å². The molecule has 3 rings (SSSR count). The van der Waals surface area contributed by atoms with Gasteiger partial charge in [0, 0.05) is 45.9 Å². The first-order valence-electron chi connectivity index (χ1n) is 16.2. The van der Waals surface area contributed by atoms with Gasteiger partial charge in [-0.25, -0.2) is 9.59 Å². The Kier molecular flexibility index (Phi) is 13.0. The SMILES string of the molecule is COC(=O)NC1CCC2C3CN(COCC[Si](C)(C)C)C(N3)C(NC(=O)OC(C)(C)C)CCCCCN(C(=O)C(F)(F)F)C2C1. The zero-order valence-corrected chi connectivity index (χ0v) is 28.9. The van der Waals surface area contributed by atoms with Crippen LogP contribution in [-0.2, 0) is 19.0 Å². The lowest BCUT2D eigenvalue weighted by atomic mass is 9.76. The molecule has 3 N–H and O–H groups in total. The third-order valence-electron chi connectivity index (χ3n) is 8.76. The molecule has 3 fully saturated rings. The third kappa shape index (κ3) is 11.6. The molecular formula is C30H54F3N5O6Si. The number of carbonyl (C=O) groups excluding carboxylic acids is 3. The Balaban J connectivity index is 1.94. The minimum absolute atomic E-state index is 0.0473. The molecule has 0 aromatic rings. The van der Waals surface area contributed by atoms with E-state index in [0.717, 1.165) is 10.9 Å². The van der Waals surface area contributed by atoms with Gasteiger partial charge in [-0.15, -0.1) is 0 Å². The summed E-state index contributed by atoms with van der Waals surface area (Å²) in [6.07, 6.45) is -3.22. The van der Waals surface area contributed by atoms with Crippen LogP contribution in [0.3, 0.4) is 0 Å². The molecule has 6 unspecified atom stereocenters. The van der Waals surface area contributed by atoms with Gasteiger partial charge in [-0.05, 0) is 64.8 Å². The zero-order valence-electron chi connectivity index (χ0n) is 27.9. The van der Waals surface area contributed by atoms with E-state index in [1.54, 1.807) is 20.8 Å². The van der Waals surface area contributed by atoms with E-state index in [2.05, 4.69) is 40.5 Å². The lowest BCUT2D eigenvalue weighted by Crippen LogP contribution is -2.60. The number of hydrogen-bond donors (Lipinski definition) is 3. The minimum atomic E-state index is -5.02. The molecule has 3 amide bonds. The Morgan fingerprint density at radius 2 is 1.69 bits per heavy atom. The highest BCUT2D eigenvalue weighted by Gasteiger charge is 2.51. The Hall–Kier alpha value is -2.10. The molecule has 2 aliphatic heterocycles. The van der Waals surface area contributed by atoms with Gasteiger partial charge in [-0.2, -0.15) is 13.2 Å². The van der Waals surface area contributed by atoms with Gasteiger partial charge in [0.1, 0.15) is 12.3 Å². The number of ether oxygens (including phenoxy) is 3. The number of nitrogens with zero attached hydrogens (tertiary/aromatic N) is 2. The lowest BCUT2D eigenvalue weighted by Gasteiger charge is -2.45. The van der Waals surface area contributed by atoms with E-state index in [1.165, 1.54) is 7.11 Å². The summed E-state index contributed by atoms with van der Waals surface area (Å²) in [5.41, 5.74) is -0.681. The highest BCUT2D eigenvalue weighted by molar-refractivity contribution is 6.76. The Bertz CT molecular complexity index is 1010. The Morgan fingerprint density at radius 1 is 0.978 bits per heavy atom. The van der Waals surface area contributed by atoms with Crippen LogP contribution in [0.15, 0.2) is 0 Å². The molecule has 0 aromatic heterocycles. The second-order valence-corrected chi connectivity index (χ2v) is 20.4. The number of hydrogen-bond acceptors (Lipinski definition) is 8. The van der Waals surface area contributed by atoms with Crippen molar-refractivity contribution < 1.29 is 41.8 Å². The van der Waals surface area contributed by atoms with E-state index < -0.39 is 50.0 Å². The highest BCUT2D eigenvalue weighted by atomic mass is 28.3.